The zero-order valence-corrected chi connectivity index (χ0v) is 13.0. The number of hydrogen-bond donors (Lipinski definition) is 2. The molecule has 0 bridgehead atoms. The fourth-order valence-corrected chi connectivity index (χ4v) is 2.17. The molecule has 1 fully saturated rings. The third kappa shape index (κ3) is 4.67. The molecular formula is C15H24N4O2. The lowest BCUT2D eigenvalue weighted by atomic mass is 10.2. The van der Waals surface area contributed by atoms with Crippen LogP contribution in [0.3, 0.4) is 0 Å². The third-order valence-electron chi connectivity index (χ3n) is 3.59. The Morgan fingerprint density at radius 1 is 1.52 bits per heavy atom. The molecule has 0 radical (unpaired) electrons. The van der Waals surface area contributed by atoms with Crippen molar-refractivity contribution in [3.63, 3.8) is 0 Å². The van der Waals surface area contributed by atoms with E-state index in [1.54, 1.807) is 6.07 Å². The van der Waals surface area contributed by atoms with Gasteiger partial charge in [0.2, 0.25) is 5.95 Å². The van der Waals surface area contributed by atoms with E-state index in [9.17, 15) is 4.79 Å². The Balaban J connectivity index is 2.00. The Bertz CT molecular complexity index is 487. The van der Waals surface area contributed by atoms with Gasteiger partial charge in [-0.25, -0.2) is 9.97 Å². The summed E-state index contributed by atoms with van der Waals surface area (Å²) in [4.78, 5) is 20.7. The molecule has 0 spiro atoms. The Hall–Kier alpha value is -1.69. The van der Waals surface area contributed by atoms with E-state index in [1.165, 1.54) is 0 Å². The van der Waals surface area contributed by atoms with E-state index in [0.29, 0.717) is 18.2 Å². The fraction of sp³-hybridized carbons (Fsp3) is 0.667. The first-order chi connectivity index (χ1) is 10.1. The van der Waals surface area contributed by atoms with Gasteiger partial charge in [-0.15, -0.1) is 0 Å². The van der Waals surface area contributed by atoms with Crippen LogP contribution in [-0.4, -0.2) is 41.2 Å². The highest BCUT2D eigenvalue weighted by atomic mass is 16.5. The summed E-state index contributed by atoms with van der Waals surface area (Å²) in [6.45, 7) is 7.37. The number of aryl methyl sites for hydroxylation is 1. The average molecular weight is 292 g/mol. The summed E-state index contributed by atoms with van der Waals surface area (Å²) in [6.07, 6.45) is 3.26. The molecule has 2 unspecified atom stereocenters. The molecule has 1 amide bonds. The second kappa shape index (κ2) is 7.36. The van der Waals surface area contributed by atoms with E-state index in [2.05, 4.69) is 20.6 Å². The van der Waals surface area contributed by atoms with E-state index in [4.69, 9.17) is 4.74 Å². The van der Waals surface area contributed by atoms with Crippen molar-refractivity contribution in [2.75, 3.05) is 18.5 Å². The van der Waals surface area contributed by atoms with E-state index in [1.807, 2.05) is 20.8 Å². The zero-order chi connectivity index (χ0) is 15.2. The maximum absolute atomic E-state index is 12.1. The minimum Gasteiger partial charge on any atom is -0.376 e. The zero-order valence-electron chi connectivity index (χ0n) is 13.0. The summed E-state index contributed by atoms with van der Waals surface area (Å²) in [5, 5.41) is 6.08. The van der Waals surface area contributed by atoms with Crippen LogP contribution >= 0.6 is 0 Å². The van der Waals surface area contributed by atoms with Gasteiger partial charge >= 0.3 is 0 Å². The lowest BCUT2D eigenvalue weighted by Gasteiger charge is -2.13. The van der Waals surface area contributed by atoms with Crippen LogP contribution in [0.4, 0.5) is 5.95 Å². The Labute approximate surface area is 125 Å². The second-order valence-electron chi connectivity index (χ2n) is 5.52. The van der Waals surface area contributed by atoms with Gasteiger partial charge < -0.3 is 15.4 Å². The van der Waals surface area contributed by atoms with Crippen LogP contribution in [0.15, 0.2) is 6.07 Å². The van der Waals surface area contributed by atoms with Crippen molar-refractivity contribution in [3.05, 3.63) is 17.5 Å². The summed E-state index contributed by atoms with van der Waals surface area (Å²) in [5.41, 5.74) is 1.17. The number of nitrogens with one attached hydrogen (secondary N) is 2. The number of aromatic nitrogens is 2. The first-order valence-electron chi connectivity index (χ1n) is 7.60. The molecular weight excluding hydrogens is 268 g/mol. The molecule has 0 aromatic carbocycles. The number of rotatable bonds is 6. The topological polar surface area (TPSA) is 76.1 Å². The molecule has 21 heavy (non-hydrogen) atoms. The highest BCUT2D eigenvalue weighted by molar-refractivity contribution is 5.92. The quantitative estimate of drug-likeness (QED) is 0.837. The largest absolute Gasteiger partial charge is 0.376 e. The first-order valence-corrected chi connectivity index (χ1v) is 7.60. The molecule has 1 aliphatic rings. The minimum atomic E-state index is -0.157. The molecule has 2 heterocycles. The lowest BCUT2D eigenvalue weighted by molar-refractivity contribution is 0.0934. The Morgan fingerprint density at radius 3 is 3.00 bits per heavy atom. The van der Waals surface area contributed by atoms with E-state index in [0.717, 1.165) is 31.6 Å². The summed E-state index contributed by atoms with van der Waals surface area (Å²) in [5.74, 6) is 0.329. The van der Waals surface area contributed by atoms with Crippen LogP contribution in [0, 0.1) is 6.92 Å². The first kappa shape index (κ1) is 15.7. The van der Waals surface area contributed by atoms with Crippen molar-refractivity contribution >= 4 is 11.9 Å². The van der Waals surface area contributed by atoms with Crippen LogP contribution < -0.4 is 10.6 Å². The highest BCUT2D eigenvalue weighted by Crippen LogP contribution is 2.13. The van der Waals surface area contributed by atoms with E-state index < -0.39 is 0 Å². The molecule has 6 nitrogen and oxygen atoms in total. The molecule has 2 rings (SSSR count). The number of carbonyl (C=O) groups is 1. The molecule has 2 atom stereocenters. The normalized spacial score (nSPS) is 19.3. The van der Waals surface area contributed by atoms with Gasteiger partial charge in [-0.2, -0.15) is 0 Å². The van der Waals surface area contributed by atoms with Crippen molar-refractivity contribution in [2.45, 2.75) is 52.2 Å². The molecule has 116 valence electrons. The summed E-state index contributed by atoms with van der Waals surface area (Å²) < 4.78 is 5.55. The van der Waals surface area contributed by atoms with Crippen LogP contribution in [-0.2, 0) is 4.74 Å². The van der Waals surface area contributed by atoms with Gasteiger partial charge in [-0.1, -0.05) is 6.92 Å². The molecule has 1 aromatic rings. The second-order valence-corrected chi connectivity index (χ2v) is 5.52. The van der Waals surface area contributed by atoms with Gasteiger partial charge in [0.05, 0.1) is 6.10 Å². The van der Waals surface area contributed by atoms with E-state index >= 15 is 0 Å². The number of ether oxygens (including phenoxy) is 1. The summed E-state index contributed by atoms with van der Waals surface area (Å²) in [7, 11) is 0. The highest BCUT2D eigenvalue weighted by Gasteiger charge is 2.16. The third-order valence-corrected chi connectivity index (χ3v) is 3.59. The summed E-state index contributed by atoms with van der Waals surface area (Å²) >= 11 is 0. The van der Waals surface area contributed by atoms with Crippen LogP contribution in [0.25, 0.3) is 0 Å². The van der Waals surface area contributed by atoms with Crippen LogP contribution in [0.5, 0.6) is 0 Å². The standard InChI is InChI=1S/C15H24N4O2/c1-4-10(2)17-14(20)13-8-11(3)18-15(19-13)16-9-12-6-5-7-21-12/h8,10,12H,4-7,9H2,1-3H3,(H,17,20)(H,16,18,19). The Morgan fingerprint density at radius 2 is 2.33 bits per heavy atom. The Kier molecular flexibility index (Phi) is 5.50. The number of nitrogens with zero attached hydrogens (tertiary/aromatic N) is 2. The predicted molar refractivity (Wildman–Crippen MR) is 81.5 cm³/mol. The molecule has 1 aliphatic heterocycles. The smallest absolute Gasteiger partial charge is 0.270 e. The molecule has 1 aromatic heterocycles. The van der Waals surface area contributed by atoms with Crippen molar-refractivity contribution in [1.82, 2.24) is 15.3 Å². The van der Waals surface area contributed by atoms with Gasteiger partial charge in [0.1, 0.15) is 5.69 Å². The number of hydrogen-bond acceptors (Lipinski definition) is 5. The minimum absolute atomic E-state index is 0.135. The maximum Gasteiger partial charge on any atom is 0.270 e. The summed E-state index contributed by atoms with van der Waals surface area (Å²) in [6, 6.07) is 1.84. The van der Waals surface area contributed by atoms with Crippen molar-refractivity contribution in [3.8, 4) is 0 Å². The van der Waals surface area contributed by atoms with Gasteiger partial charge in [0.25, 0.3) is 5.91 Å². The van der Waals surface area contributed by atoms with Gasteiger partial charge in [-0.3, -0.25) is 4.79 Å². The molecule has 0 saturated carbocycles. The molecule has 1 saturated heterocycles. The number of carbonyl (C=O) groups excluding carboxylic acids is 1. The van der Waals surface area contributed by atoms with Crippen molar-refractivity contribution in [2.24, 2.45) is 0 Å². The molecule has 2 N–H and O–H groups in total. The van der Waals surface area contributed by atoms with Crippen LogP contribution in [0.1, 0.15) is 49.3 Å². The molecule has 6 heteroatoms. The number of amides is 1. The van der Waals surface area contributed by atoms with Crippen LogP contribution in [0.2, 0.25) is 0 Å². The maximum atomic E-state index is 12.1. The SMILES string of the molecule is CCC(C)NC(=O)c1cc(C)nc(NCC2CCCO2)n1. The van der Waals surface area contributed by atoms with E-state index in [-0.39, 0.29) is 18.1 Å². The predicted octanol–water partition coefficient (Wildman–Crippen LogP) is 1.90. The number of anilines is 1. The van der Waals surface area contributed by atoms with Gasteiger partial charge in [-0.05, 0) is 39.2 Å². The van der Waals surface area contributed by atoms with Crippen molar-refractivity contribution < 1.29 is 9.53 Å². The molecule has 0 aliphatic carbocycles. The van der Waals surface area contributed by atoms with Gasteiger partial charge in [0.15, 0.2) is 0 Å². The fourth-order valence-electron chi connectivity index (χ4n) is 2.17. The monoisotopic (exact) mass is 292 g/mol. The lowest BCUT2D eigenvalue weighted by Crippen LogP contribution is -2.33. The van der Waals surface area contributed by atoms with Crippen molar-refractivity contribution in [1.29, 1.82) is 0 Å². The average Bonchev–Trinajstić information content (AvgIpc) is 2.97. The van der Waals surface area contributed by atoms with Gasteiger partial charge in [0, 0.05) is 24.9 Å².